The Hall–Kier alpha value is -0.610. The van der Waals surface area contributed by atoms with Gasteiger partial charge in [-0.3, -0.25) is 10.1 Å². The maximum Gasteiger partial charge on any atom is 0.241 e. The van der Waals surface area contributed by atoms with E-state index >= 15 is 0 Å². The van der Waals surface area contributed by atoms with Gasteiger partial charge in [-0.05, 0) is 39.0 Å². The van der Waals surface area contributed by atoms with Crippen molar-refractivity contribution in [1.29, 1.82) is 0 Å². The first-order valence-electron chi connectivity index (χ1n) is 7.20. The van der Waals surface area contributed by atoms with E-state index in [1.165, 1.54) is 0 Å². The molecule has 2 fully saturated rings. The van der Waals surface area contributed by atoms with Gasteiger partial charge in [0, 0.05) is 6.61 Å². The lowest BCUT2D eigenvalue weighted by atomic mass is 10.0. The van der Waals surface area contributed by atoms with Crippen molar-refractivity contribution in [3.05, 3.63) is 0 Å². The topological polar surface area (TPSA) is 41.6 Å². The average molecular weight is 254 g/mol. The first-order valence-corrected chi connectivity index (χ1v) is 7.20. The summed E-state index contributed by atoms with van der Waals surface area (Å²) in [4.78, 5) is 14.3. The zero-order chi connectivity index (χ0) is 13.3. The summed E-state index contributed by atoms with van der Waals surface area (Å²) in [5.41, 5.74) is 0. The maximum atomic E-state index is 12.3. The molecule has 2 rings (SSSR count). The van der Waals surface area contributed by atoms with Gasteiger partial charge in [0.25, 0.3) is 0 Å². The quantitative estimate of drug-likeness (QED) is 0.831. The predicted molar refractivity (Wildman–Crippen MR) is 71.1 cm³/mol. The number of rotatable bonds is 4. The van der Waals surface area contributed by atoms with Crippen molar-refractivity contribution in [3.63, 3.8) is 0 Å². The summed E-state index contributed by atoms with van der Waals surface area (Å²) in [6, 6.07) is 0.124. The van der Waals surface area contributed by atoms with Gasteiger partial charge in [-0.25, -0.2) is 0 Å². The Morgan fingerprint density at radius 2 is 2.17 bits per heavy atom. The van der Waals surface area contributed by atoms with Crippen LogP contribution in [0.4, 0.5) is 0 Å². The predicted octanol–water partition coefficient (Wildman–Crippen LogP) is 1.75. The zero-order valence-corrected chi connectivity index (χ0v) is 12.0. The van der Waals surface area contributed by atoms with Crippen molar-refractivity contribution in [1.82, 2.24) is 10.2 Å². The molecule has 0 aromatic carbocycles. The number of carbonyl (C=O) groups is 1. The van der Waals surface area contributed by atoms with E-state index in [2.05, 4.69) is 26.1 Å². The van der Waals surface area contributed by atoms with Gasteiger partial charge < -0.3 is 9.64 Å². The van der Waals surface area contributed by atoms with Crippen molar-refractivity contribution in [2.75, 3.05) is 6.61 Å². The first kappa shape index (κ1) is 13.8. The summed E-state index contributed by atoms with van der Waals surface area (Å²) in [7, 11) is 0. The summed E-state index contributed by atoms with van der Waals surface area (Å²) >= 11 is 0. The Morgan fingerprint density at radius 3 is 2.72 bits per heavy atom. The third-order valence-corrected chi connectivity index (χ3v) is 4.04. The third kappa shape index (κ3) is 2.69. The monoisotopic (exact) mass is 254 g/mol. The Bertz CT molecular complexity index is 298. The molecule has 1 N–H and O–H groups in total. The Kier molecular flexibility index (Phi) is 4.28. The lowest BCUT2D eigenvalue weighted by Gasteiger charge is -2.34. The van der Waals surface area contributed by atoms with Crippen LogP contribution in [0.15, 0.2) is 0 Å². The number of hydrogen-bond acceptors (Lipinski definition) is 3. The Morgan fingerprint density at radius 1 is 1.44 bits per heavy atom. The average Bonchev–Trinajstić information content (AvgIpc) is 2.88. The number of ether oxygens (including phenoxy) is 1. The van der Waals surface area contributed by atoms with E-state index in [1.54, 1.807) is 0 Å². The first-order chi connectivity index (χ1) is 8.50. The van der Waals surface area contributed by atoms with Gasteiger partial charge in [-0.1, -0.05) is 13.8 Å². The van der Waals surface area contributed by atoms with Crippen molar-refractivity contribution < 1.29 is 9.53 Å². The molecule has 0 radical (unpaired) electrons. The highest BCUT2D eigenvalue weighted by Gasteiger charge is 2.42. The van der Waals surface area contributed by atoms with Crippen molar-refractivity contribution >= 4 is 5.91 Å². The van der Waals surface area contributed by atoms with E-state index in [-0.39, 0.29) is 30.3 Å². The van der Waals surface area contributed by atoms with Crippen LogP contribution in [0.25, 0.3) is 0 Å². The van der Waals surface area contributed by atoms with Gasteiger partial charge in [0.15, 0.2) is 0 Å². The fraction of sp³-hybridized carbons (Fsp3) is 0.929. The second kappa shape index (κ2) is 5.57. The lowest BCUT2D eigenvalue weighted by molar-refractivity contribution is -0.134. The molecule has 18 heavy (non-hydrogen) atoms. The Labute approximate surface area is 110 Å². The van der Waals surface area contributed by atoms with E-state index in [9.17, 15) is 4.79 Å². The molecule has 4 atom stereocenters. The molecule has 2 heterocycles. The number of hydrogen-bond donors (Lipinski definition) is 1. The fourth-order valence-corrected chi connectivity index (χ4v) is 3.09. The standard InChI is InChI=1S/C14H26N2O2/c1-9(2)8-13-15-10(3)14(17)16(13)11(4)12-6-5-7-18-12/h9-13,15H,5-8H2,1-4H3. The van der Waals surface area contributed by atoms with E-state index in [0.29, 0.717) is 5.92 Å². The van der Waals surface area contributed by atoms with Crippen LogP contribution < -0.4 is 5.32 Å². The number of carbonyl (C=O) groups excluding carboxylic acids is 1. The molecule has 0 aromatic rings. The van der Waals surface area contributed by atoms with Crippen LogP contribution in [0.3, 0.4) is 0 Å². The second-order valence-electron chi connectivity index (χ2n) is 6.07. The summed E-state index contributed by atoms with van der Waals surface area (Å²) in [6.07, 6.45) is 3.60. The molecule has 0 bridgehead atoms. The largest absolute Gasteiger partial charge is 0.376 e. The van der Waals surface area contributed by atoms with Crippen LogP contribution in [0.5, 0.6) is 0 Å². The van der Waals surface area contributed by atoms with Crippen LogP contribution in [0, 0.1) is 5.92 Å². The highest BCUT2D eigenvalue weighted by molar-refractivity contribution is 5.84. The van der Waals surface area contributed by atoms with Gasteiger partial charge >= 0.3 is 0 Å². The molecule has 4 heteroatoms. The summed E-state index contributed by atoms with van der Waals surface area (Å²) in [5.74, 6) is 0.809. The molecule has 0 saturated carbocycles. The molecule has 2 aliphatic rings. The SMILES string of the molecule is CC(C)CC1NC(C)C(=O)N1C(C)C1CCCO1. The van der Waals surface area contributed by atoms with Crippen LogP contribution in [-0.2, 0) is 9.53 Å². The zero-order valence-electron chi connectivity index (χ0n) is 12.0. The van der Waals surface area contributed by atoms with E-state index < -0.39 is 0 Å². The van der Waals surface area contributed by atoms with E-state index in [1.807, 2.05) is 11.8 Å². The molecular weight excluding hydrogens is 228 g/mol. The summed E-state index contributed by atoms with van der Waals surface area (Å²) in [6.45, 7) is 9.32. The van der Waals surface area contributed by atoms with Gasteiger partial charge in [-0.2, -0.15) is 0 Å². The number of amides is 1. The fourth-order valence-electron chi connectivity index (χ4n) is 3.09. The lowest BCUT2D eigenvalue weighted by Crippen LogP contribution is -2.48. The molecule has 104 valence electrons. The maximum absolute atomic E-state index is 12.3. The minimum atomic E-state index is -0.0578. The van der Waals surface area contributed by atoms with Crippen LogP contribution >= 0.6 is 0 Å². The molecular formula is C14H26N2O2. The summed E-state index contributed by atoms with van der Waals surface area (Å²) < 4.78 is 5.74. The molecule has 0 spiro atoms. The van der Waals surface area contributed by atoms with E-state index in [0.717, 1.165) is 25.9 Å². The molecule has 1 amide bonds. The molecule has 4 nitrogen and oxygen atoms in total. The molecule has 0 aromatic heterocycles. The number of nitrogens with one attached hydrogen (secondary N) is 1. The van der Waals surface area contributed by atoms with Crippen LogP contribution in [0.2, 0.25) is 0 Å². The van der Waals surface area contributed by atoms with Gasteiger partial charge in [0.05, 0.1) is 24.4 Å². The molecule has 0 aliphatic carbocycles. The highest BCUT2D eigenvalue weighted by Crippen LogP contribution is 2.26. The summed E-state index contributed by atoms with van der Waals surface area (Å²) in [5, 5.41) is 3.41. The van der Waals surface area contributed by atoms with E-state index in [4.69, 9.17) is 4.74 Å². The minimum Gasteiger partial charge on any atom is -0.376 e. The van der Waals surface area contributed by atoms with Crippen LogP contribution in [0.1, 0.15) is 47.0 Å². The highest BCUT2D eigenvalue weighted by atomic mass is 16.5. The smallest absolute Gasteiger partial charge is 0.241 e. The van der Waals surface area contributed by atoms with Crippen molar-refractivity contribution in [3.8, 4) is 0 Å². The minimum absolute atomic E-state index is 0.0578. The van der Waals surface area contributed by atoms with Gasteiger partial charge in [0.1, 0.15) is 0 Å². The van der Waals surface area contributed by atoms with Gasteiger partial charge in [0.2, 0.25) is 5.91 Å². The number of nitrogens with zero attached hydrogens (tertiary/aromatic N) is 1. The Balaban J connectivity index is 2.07. The van der Waals surface area contributed by atoms with Crippen molar-refractivity contribution in [2.24, 2.45) is 5.92 Å². The molecule has 2 saturated heterocycles. The second-order valence-corrected chi connectivity index (χ2v) is 6.07. The third-order valence-electron chi connectivity index (χ3n) is 4.04. The molecule has 4 unspecified atom stereocenters. The van der Waals surface area contributed by atoms with Crippen LogP contribution in [-0.4, -0.2) is 41.8 Å². The molecule has 2 aliphatic heterocycles. The normalized spacial score (nSPS) is 34.6. The van der Waals surface area contributed by atoms with Crippen molar-refractivity contribution in [2.45, 2.75) is 71.3 Å². The van der Waals surface area contributed by atoms with Gasteiger partial charge in [-0.15, -0.1) is 0 Å².